The molecule has 0 radical (unpaired) electrons. The molecule has 1 aliphatic rings. The highest BCUT2D eigenvalue weighted by Crippen LogP contribution is 2.35. The van der Waals surface area contributed by atoms with Crippen LogP contribution in [0.3, 0.4) is 0 Å². The summed E-state index contributed by atoms with van der Waals surface area (Å²) in [5.74, 6) is -1.08. The van der Waals surface area contributed by atoms with Crippen LogP contribution in [0.4, 0.5) is 4.39 Å². The summed E-state index contributed by atoms with van der Waals surface area (Å²) in [6.45, 7) is 1.64. The van der Waals surface area contributed by atoms with E-state index < -0.39 is 11.4 Å². The number of nitrogens with zero attached hydrogens (tertiary/aromatic N) is 3. The Hall–Kier alpha value is -3.29. The average Bonchev–Trinajstić information content (AvgIpc) is 2.61. The quantitative estimate of drug-likeness (QED) is 0.797. The van der Waals surface area contributed by atoms with Crippen LogP contribution in [-0.2, 0) is 16.8 Å². The second kappa shape index (κ2) is 6.79. The lowest BCUT2D eigenvalue weighted by Crippen LogP contribution is -2.47. The maximum atomic E-state index is 14.5. The Morgan fingerprint density at radius 3 is 2.74 bits per heavy atom. The Labute approximate surface area is 155 Å². The first kappa shape index (κ1) is 18.5. The van der Waals surface area contributed by atoms with Crippen molar-refractivity contribution in [2.75, 3.05) is 7.05 Å². The molecule has 1 aromatic heterocycles. The maximum absolute atomic E-state index is 14.5. The Balaban J connectivity index is 1.92. The van der Waals surface area contributed by atoms with Crippen molar-refractivity contribution >= 4 is 17.6 Å². The van der Waals surface area contributed by atoms with Crippen LogP contribution in [0.25, 0.3) is 0 Å². The molecule has 3 N–H and O–H groups in total. The van der Waals surface area contributed by atoms with Crippen LogP contribution in [0, 0.1) is 5.82 Å². The molecule has 1 aromatic carbocycles. The first-order valence-corrected chi connectivity index (χ1v) is 8.28. The molecule has 27 heavy (non-hydrogen) atoms. The van der Waals surface area contributed by atoms with Gasteiger partial charge in [-0.3, -0.25) is 14.5 Å². The van der Waals surface area contributed by atoms with Gasteiger partial charge in [-0.1, -0.05) is 6.07 Å². The van der Waals surface area contributed by atoms with Crippen molar-refractivity contribution in [3.8, 4) is 5.75 Å². The van der Waals surface area contributed by atoms with Gasteiger partial charge in [-0.15, -0.1) is 0 Å². The minimum atomic E-state index is -1.15. The number of carbonyl (C=O) groups is 2. The Bertz CT molecular complexity index is 942. The van der Waals surface area contributed by atoms with Crippen molar-refractivity contribution < 1.29 is 19.1 Å². The summed E-state index contributed by atoms with van der Waals surface area (Å²) in [5, 5.41) is 9.26. The fourth-order valence-corrected chi connectivity index (χ4v) is 2.99. The third kappa shape index (κ3) is 3.64. The molecule has 1 amide bonds. The van der Waals surface area contributed by atoms with E-state index in [0.29, 0.717) is 5.56 Å². The van der Waals surface area contributed by atoms with Gasteiger partial charge in [-0.25, -0.2) is 14.4 Å². The molecular formula is C19H19FN4O3. The summed E-state index contributed by atoms with van der Waals surface area (Å²) in [4.78, 5) is 33.9. The van der Waals surface area contributed by atoms with Crippen LogP contribution in [0.2, 0.25) is 0 Å². The van der Waals surface area contributed by atoms with Crippen molar-refractivity contribution in [1.82, 2.24) is 9.88 Å². The molecule has 140 valence electrons. The summed E-state index contributed by atoms with van der Waals surface area (Å²) < 4.78 is 14.5. The fraction of sp³-hybridized carbons (Fsp3) is 0.263. The molecule has 3 rings (SSSR count). The van der Waals surface area contributed by atoms with Gasteiger partial charge in [0, 0.05) is 19.0 Å². The summed E-state index contributed by atoms with van der Waals surface area (Å²) in [7, 11) is 1.51. The SMILES string of the molecule is CN1C(=O)CC(C)(c2cc(CC(=O)c3ccc(O)cn3)ccc2F)N=C1N. The average molecular weight is 370 g/mol. The number of aromatic hydroxyl groups is 1. The zero-order chi connectivity index (χ0) is 19.8. The molecule has 0 saturated heterocycles. The monoisotopic (exact) mass is 370 g/mol. The van der Waals surface area contributed by atoms with Crippen LogP contribution in [0.1, 0.15) is 35.0 Å². The summed E-state index contributed by atoms with van der Waals surface area (Å²) in [6.07, 6.45) is 1.15. The van der Waals surface area contributed by atoms with Gasteiger partial charge in [0.1, 0.15) is 17.3 Å². The molecule has 1 unspecified atom stereocenters. The number of carbonyl (C=O) groups excluding carboxylic acids is 2. The van der Waals surface area contributed by atoms with E-state index in [2.05, 4.69) is 9.98 Å². The van der Waals surface area contributed by atoms with Gasteiger partial charge < -0.3 is 10.8 Å². The van der Waals surface area contributed by atoms with Gasteiger partial charge in [-0.2, -0.15) is 0 Å². The normalized spacial score (nSPS) is 19.7. The van der Waals surface area contributed by atoms with Gasteiger partial charge >= 0.3 is 0 Å². The van der Waals surface area contributed by atoms with Gasteiger partial charge in [0.15, 0.2) is 11.7 Å². The number of amides is 1. The number of rotatable bonds is 4. The molecule has 0 aliphatic carbocycles. The predicted octanol–water partition coefficient (Wildman–Crippen LogP) is 1.74. The zero-order valence-electron chi connectivity index (χ0n) is 14.9. The highest BCUT2D eigenvalue weighted by atomic mass is 19.1. The number of halogens is 1. The number of aliphatic imine (C=N–C) groups is 1. The number of Topliss-reactive ketones (excluding diaryl/α,β-unsaturated/α-hetero) is 1. The van der Waals surface area contributed by atoms with Crippen LogP contribution in [0.5, 0.6) is 5.75 Å². The van der Waals surface area contributed by atoms with Gasteiger partial charge in [-0.05, 0) is 36.8 Å². The summed E-state index contributed by atoms with van der Waals surface area (Å²) in [5.41, 5.74) is 5.61. The highest BCUT2D eigenvalue weighted by molar-refractivity contribution is 5.99. The molecule has 8 heteroatoms. The van der Waals surface area contributed by atoms with E-state index in [0.717, 1.165) is 0 Å². The molecule has 0 spiro atoms. The van der Waals surface area contributed by atoms with E-state index in [1.807, 2.05) is 0 Å². The van der Waals surface area contributed by atoms with Crippen molar-refractivity contribution in [3.05, 3.63) is 59.2 Å². The Morgan fingerprint density at radius 1 is 1.37 bits per heavy atom. The third-order valence-corrected chi connectivity index (χ3v) is 4.58. The zero-order valence-corrected chi connectivity index (χ0v) is 14.9. The smallest absolute Gasteiger partial charge is 0.231 e. The Kier molecular flexibility index (Phi) is 4.65. The maximum Gasteiger partial charge on any atom is 0.231 e. The number of hydrogen-bond donors (Lipinski definition) is 2. The largest absolute Gasteiger partial charge is 0.506 e. The van der Waals surface area contributed by atoms with Crippen LogP contribution in [0.15, 0.2) is 41.5 Å². The number of nitrogens with two attached hydrogens (primary N) is 1. The van der Waals surface area contributed by atoms with Gasteiger partial charge in [0.25, 0.3) is 0 Å². The van der Waals surface area contributed by atoms with Crippen molar-refractivity contribution in [1.29, 1.82) is 0 Å². The summed E-state index contributed by atoms with van der Waals surface area (Å²) >= 11 is 0. The lowest BCUT2D eigenvalue weighted by atomic mass is 9.85. The number of ketones is 1. The van der Waals surface area contributed by atoms with E-state index in [4.69, 9.17) is 5.73 Å². The molecule has 0 saturated carbocycles. The third-order valence-electron chi connectivity index (χ3n) is 4.58. The lowest BCUT2D eigenvalue weighted by Gasteiger charge is -2.34. The van der Waals surface area contributed by atoms with Crippen LogP contribution < -0.4 is 5.73 Å². The standard InChI is InChI=1S/C19H19FN4O3/c1-19(9-17(27)24(2)18(21)23-19)13-7-11(3-5-14(13)20)8-16(26)15-6-4-12(25)10-22-15/h3-7,10,25H,8-9H2,1-2H3,(H2,21,23). The van der Waals surface area contributed by atoms with E-state index in [9.17, 15) is 19.1 Å². The number of benzene rings is 1. The minimum Gasteiger partial charge on any atom is -0.506 e. The number of pyridine rings is 1. The molecule has 1 aliphatic heterocycles. The van der Waals surface area contributed by atoms with E-state index in [-0.39, 0.29) is 47.5 Å². The Morgan fingerprint density at radius 2 is 2.11 bits per heavy atom. The van der Waals surface area contributed by atoms with Crippen molar-refractivity contribution in [2.45, 2.75) is 25.3 Å². The number of guanidine groups is 1. The molecule has 7 nitrogen and oxygen atoms in total. The molecule has 0 bridgehead atoms. The van der Waals surface area contributed by atoms with Crippen LogP contribution in [-0.4, -0.2) is 39.7 Å². The number of aromatic nitrogens is 1. The highest BCUT2D eigenvalue weighted by Gasteiger charge is 2.38. The van der Waals surface area contributed by atoms with E-state index in [1.54, 1.807) is 6.92 Å². The van der Waals surface area contributed by atoms with Gasteiger partial charge in [0.2, 0.25) is 5.91 Å². The van der Waals surface area contributed by atoms with E-state index in [1.165, 1.54) is 48.5 Å². The van der Waals surface area contributed by atoms with Crippen molar-refractivity contribution in [3.63, 3.8) is 0 Å². The first-order chi connectivity index (χ1) is 12.7. The van der Waals surface area contributed by atoms with Crippen LogP contribution >= 0.6 is 0 Å². The number of hydrogen-bond acceptors (Lipinski definition) is 6. The molecule has 2 aromatic rings. The molecular weight excluding hydrogens is 351 g/mol. The molecule has 1 atom stereocenters. The minimum absolute atomic E-state index is 0.00577. The van der Waals surface area contributed by atoms with Crippen molar-refractivity contribution in [2.24, 2.45) is 10.7 Å². The second-order valence-electron chi connectivity index (χ2n) is 6.69. The van der Waals surface area contributed by atoms with E-state index >= 15 is 0 Å². The molecule has 2 heterocycles. The topological polar surface area (TPSA) is 109 Å². The molecule has 0 fully saturated rings. The second-order valence-corrected chi connectivity index (χ2v) is 6.69. The lowest BCUT2D eigenvalue weighted by molar-refractivity contribution is -0.128. The van der Waals surface area contributed by atoms with Gasteiger partial charge in [0.05, 0.1) is 18.2 Å². The fourth-order valence-electron chi connectivity index (χ4n) is 2.99. The summed E-state index contributed by atoms with van der Waals surface area (Å²) in [6, 6.07) is 7.08. The first-order valence-electron chi connectivity index (χ1n) is 8.28. The predicted molar refractivity (Wildman–Crippen MR) is 96.7 cm³/mol.